The number of pyridine rings is 2. The third-order valence-corrected chi connectivity index (χ3v) is 10.6. The fraction of sp³-hybridized carbons (Fsp3) is 0.280. The van der Waals surface area contributed by atoms with E-state index >= 15 is 17.6 Å². The normalized spacial score (nSPS) is 31.7. The van der Waals surface area contributed by atoms with Crippen molar-refractivity contribution in [2.75, 3.05) is 0 Å². The quantitative estimate of drug-likeness (QED) is 0.384. The fourth-order valence-electron chi connectivity index (χ4n) is 5.23. The number of alkyl halides is 6. The molecule has 2 aliphatic carbocycles. The Bertz CT molecular complexity index is 1290. The summed E-state index contributed by atoms with van der Waals surface area (Å²) in [6, 6.07) is 6.67. The topological polar surface area (TPSA) is 25.8 Å². The highest BCUT2D eigenvalue weighted by Gasteiger charge is 2.84. The minimum atomic E-state index is -5.56. The van der Waals surface area contributed by atoms with Crippen molar-refractivity contribution in [3.63, 3.8) is 0 Å². The first-order valence-corrected chi connectivity index (χ1v) is 12.3. The second kappa shape index (κ2) is 6.85. The van der Waals surface area contributed by atoms with Gasteiger partial charge in [0.25, 0.3) is 0 Å². The van der Waals surface area contributed by atoms with Crippen LogP contribution in [0.2, 0.25) is 0 Å². The molecule has 6 rings (SSSR count). The Hall–Kier alpha value is -2.46. The van der Waals surface area contributed by atoms with Gasteiger partial charge in [-0.05, 0) is 72.5 Å². The van der Waals surface area contributed by atoms with Gasteiger partial charge in [-0.15, -0.1) is 23.5 Å². The zero-order chi connectivity index (χ0) is 25.0. The molecule has 2 aliphatic heterocycles. The van der Waals surface area contributed by atoms with Crippen LogP contribution in [0.3, 0.4) is 0 Å². The van der Waals surface area contributed by atoms with E-state index in [1.54, 1.807) is 38.1 Å². The number of thioether (sulfide) groups is 2. The van der Waals surface area contributed by atoms with Gasteiger partial charge in [0.05, 0.1) is 9.49 Å². The molecule has 2 aromatic rings. The molecule has 1 fully saturated rings. The number of allylic oxidation sites excluding steroid dienone is 4. The lowest BCUT2D eigenvalue weighted by atomic mass is 9.71. The van der Waals surface area contributed by atoms with Crippen molar-refractivity contribution in [3.8, 4) is 0 Å². The molecule has 1 saturated carbocycles. The van der Waals surface area contributed by atoms with Gasteiger partial charge in [0.2, 0.25) is 0 Å². The van der Waals surface area contributed by atoms with Crippen LogP contribution in [-0.4, -0.2) is 37.2 Å². The fourth-order valence-corrected chi connectivity index (χ4v) is 8.37. The van der Waals surface area contributed by atoms with Gasteiger partial charge in [-0.3, -0.25) is 9.97 Å². The second-order valence-corrected chi connectivity index (χ2v) is 12.0. The van der Waals surface area contributed by atoms with Crippen molar-refractivity contribution in [3.05, 3.63) is 94.6 Å². The van der Waals surface area contributed by atoms with Crippen LogP contribution in [0.4, 0.5) is 26.3 Å². The molecule has 2 unspecified atom stereocenters. The Kier molecular flexibility index (Phi) is 4.49. The van der Waals surface area contributed by atoms with E-state index in [1.165, 1.54) is 60.5 Å². The van der Waals surface area contributed by atoms with Crippen LogP contribution in [0.25, 0.3) is 9.81 Å². The first-order valence-electron chi connectivity index (χ1n) is 10.6. The molecule has 35 heavy (non-hydrogen) atoms. The van der Waals surface area contributed by atoms with E-state index in [9.17, 15) is 8.78 Å². The maximum absolute atomic E-state index is 15.3. The van der Waals surface area contributed by atoms with Crippen LogP contribution >= 0.6 is 23.5 Å². The van der Waals surface area contributed by atoms with Crippen molar-refractivity contribution in [2.45, 2.75) is 41.1 Å². The molecular weight excluding hydrogens is 506 g/mol. The molecular formula is C25H16F6N2S2. The molecule has 0 amide bonds. The van der Waals surface area contributed by atoms with E-state index in [1.807, 2.05) is 0 Å². The van der Waals surface area contributed by atoms with Gasteiger partial charge in [0, 0.05) is 45.7 Å². The van der Waals surface area contributed by atoms with Gasteiger partial charge in [-0.25, -0.2) is 0 Å². The van der Waals surface area contributed by atoms with Gasteiger partial charge >= 0.3 is 17.8 Å². The number of aromatic nitrogens is 2. The Morgan fingerprint density at radius 1 is 0.600 bits per heavy atom. The van der Waals surface area contributed by atoms with Crippen molar-refractivity contribution < 1.29 is 26.3 Å². The summed E-state index contributed by atoms with van der Waals surface area (Å²) in [4.78, 5) is 8.98. The highest BCUT2D eigenvalue weighted by Crippen LogP contribution is 2.75. The molecule has 0 N–H and O–H groups in total. The van der Waals surface area contributed by atoms with E-state index < -0.39 is 38.4 Å². The van der Waals surface area contributed by atoms with Crippen LogP contribution in [-0.2, 0) is 0 Å². The average molecular weight is 523 g/mol. The lowest BCUT2D eigenvalue weighted by molar-refractivity contribution is -0.258. The number of nitrogens with zero attached hydrogens (tertiary/aromatic N) is 2. The molecule has 0 radical (unpaired) electrons. The predicted octanol–water partition coefficient (Wildman–Crippen LogP) is 7.40. The minimum Gasteiger partial charge on any atom is -0.265 e. The third-order valence-electron chi connectivity index (χ3n) is 7.25. The molecule has 2 nitrogen and oxygen atoms in total. The van der Waals surface area contributed by atoms with E-state index in [0.29, 0.717) is 20.9 Å². The maximum atomic E-state index is 15.3. The molecule has 0 bridgehead atoms. The molecule has 4 heterocycles. The monoisotopic (exact) mass is 522 g/mol. The summed E-state index contributed by atoms with van der Waals surface area (Å²) in [5.41, 5.74) is -1.60. The molecule has 10 heteroatoms. The summed E-state index contributed by atoms with van der Waals surface area (Å²) in [5, 5.41) is 0. The number of hydrogen-bond acceptors (Lipinski definition) is 4. The molecule has 2 aromatic heterocycles. The Balaban J connectivity index is 1.68. The van der Waals surface area contributed by atoms with Crippen LogP contribution in [0, 0.1) is 0 Å². The highest BCUT2D eigenvalue weighted by molar-refractivity contribution is 8.14. The summed E-state index contributed by atoms with van der Waals surface area (Å²) in [6.45, 7) is 3.34. The number of halogens is 6. The van der Waals surface area contributed by atoms with Crippen LogP contribution < -0.4 is 0 Å². The summed E-state index contributed by atoms with van der Waals surface area (Å²) in [5.74, 6) is -15.6. The summed E-state index contributed by atoms with van der Waals surface area (Å²) in [7, 11) is 0. The maximum Gasteiger partial charge on any atom is 0.380 e. The van der Waals surface area contributed by atoms with Crippen molar-refractivity contribution in [1.82, 2.24) is 9.97 Å². The lowest BCUT2D eigenvalue weighted by Crippen LogP contribution is -2.48. The Morgan fingerprint density at radius 3 is 1.29 bits per heavy atom. The smallest absolute Gasteiger partial charge is 0.265 e. The SMILES string of the molecule is CC12SC(c3ccncc3)=CC1=C1C(=C3C=C(c4ccncc4)SC32C)C(F)(F)C(F)(F)C1(F)F. The van der Waals surface area contributed by atoms with E-state index in [2.05, 4.69) is 9.97 Å². The third kappa shape index (κ3) is 2.62. The van der Waals surface area contributed by atoms with Crippen molar-refractivity contribution in [2.24, 2.45) is 0 Å². The summed E-state index contributed by atoms with van der Waals surface area (Å²) >= 11 is 2.45. The minimum absolute atomic E-state index is 0.186. The first kappa shape index (κ1) is 23.0. The number of rotatable bonds is 2. The Morgan fingerprint density at radius 2 is 0.943 bits per heavy atom. The Labute approximate surface area is 205 Å². The van der Waals surface area contributed by atoms with Gasteiger partial charge in [0.1, 0.15) is 0 Å². The largest absolute Gasteiger partial charge is 0.380 e. The zero-order valence-corrected chi connectivity index (χ0v) is 19.9. The lowest BCUT2D eigenvalue weighted by Gasteiger charge is -2.47. The first-order chi connectivity index (χ1) is 16.4. The summed E-state index contributed by atoms with van der Waals surface area (Å²) < 4.78 is 88.2. The average Bonchev–Trinajstić information content (AvgIpc) is 3.40. The second-order valence-electron chi connectivity index (χ2n) is 9.06. The molecule has 0 spiro atoms. The van der Waals surface area contributed by atoms with Gasteiger partial charge in [-0.1, -0.05) is 0 Å². The number of fused-ring (bicyclic) bond motifs is 4. The summed E-state index contributed by atoms with van der Waals surface area (Å²) in [6.07, 6.45) is 8.83. The zero-order valence-electron chi connectivity index (χ0n) is 18.3. The molecule has 0 aromatic carbocycles. The van der Waals surface area contributed by atoms with Gasteiger partial charge < -0.3 is 0 Å². The van der Waals surface area contributed by atoms with Gasteiger partial charge in [-0.2, -0.15) is 26.3 Å². The standard InChI is InChI=1S/C25H16F6N2S2/c1-21-15(11-17(34-21)13-3-7-32-8-4-13)19-20(24(28,29)25(30,31)23(19,26)27)16-12-18(35-22(16,21)2)14-5-9-33-10-6-14/h3-12H,1-2H3. The molecule has 2 atom stereocenters. The molecule has 4 aliphatic rings. The van der Waals surface area contributed by atoms with Crippen molar-refractivity contribution in [1.29, 1.82) is 0 Å². The number of hydrogen-bond donors (Lipinski definition) is 0. The van der Waals surface area contributed by atoms with E-state index in [4.69, 9.17) is 0 Å². The predicted molar refractivity (Wildman–Crippen MR) is 125 cm³/mol. The van der Waals surface area contributed by atoms with Crippen molar-refractivity contribution >= 4 is 33.3 Å². The van der Waals surface area contributed by atoms with Crippen LogP contribution in [0.15, 0.2) is 83.5 Å². The molecule has 180 valence electrons. The van der Waals surface area contributed by atoms with Gasteiger partial charge in [0.15, 0.2) is 0 Å². The van der Waals surface area contributed by atoms with Crippen LogP contribution in [0.1, 0.15) is 25.0 Å². The van der Waals surface area contributed by atoms with E-state index in [-0.39, 0.29) is 11.1 Å². The van der Waals surface area contributed by atoms with Crippen LogP contribution in [0.5, 0.6) is 0 Å². The van der Waals surface area contributed by atoms with E-state index in [0.717, 1.165) is 0 Å². The highest BCUT2D eigenvalue weighted by atomic mass is 32.2. The molecule has 0 saturated heterocycles.